The number of rotatable bonds is 4. The van der Waals surface area contributed by atoms with Gasteiger partial charge in [-0.1, -0.05) is 23.2 Å². The van der Waals surface area contributed by atoms with E-state index in [0.29, 0.717) is 23.1 Å². The van der Waals surface area contributed by atoms with Crippen LogP contribution < -0.4 is 4.90 Å². The van der Waals surface area contributed by atoms with Crippen molar-refractivity contribution >= 4 is 46.3 Å². The zero-order valence-corrected chi connectivity index (χ0v) is 18.8. The molecule has 7 nitrogen and oxygen atoms in total. The molecule has 0 bridgehead atoms. The van der Waals surface area contributed by atoms with Crippen molar-refractivity contribution in [1.82, 2.24) is 14.5 Å². The highest BCUT2D eigenvalue weighted by Gasteiger charge is 2.21. The summed E-state index contributed by atoms with van der Waals surface area (Å²) >= 11 is 13.3. The lowest BCUT2D eigenvalue weighted by molar-refractivity contribution is -0.139. The third-order valence-electron chi connectivity index (χ3n) is 5.57. The van der Waals surface area contributed by atoms with Crippen LogP contribution in [0.3, 0.4) is 0 Å². The number of pyridine rings is 1. The minimum Gasteiger partial charge on any atom is -0.469 e. The third kappa shape index (κ3) is 4.34. The lowest BCUT2D eigenvalue weighted by Crippen LogP contribution is -2.48. The quantitative estimate of drug-likeness (QED) is 0.555. The Morgan fingerprint density at radius 1 is 1.10 bits per heavy atom. The number of ether oxygens (including phenoxy) is 1. The van der Waals surface area contributed by atoms with E-state index >= 15 is 0 Å². The van der Waals surface area contributed by atoms with E-state index in [-0.39, 0.29) is 18.3 Å². The number of carbonyl (C=O) groups excluding carboxylic acids is 2. The first-order chi connectivity index (χ1) is 14.9. The van der Waals surface area contributed by atoms with Gasteiger partial charge >= 0.3 is 5.97 Å². The van der Waals surface area contributed by atoms with Gasteiger partial charge in [0, 0.05) is 56.1 Å². The lowest BCUT2D eigenvalue weighted by atomic mass is 10.0. The van der Waals surface area contributed by atoms with Gasteiger partial charge in [-0.2, -0.15) is 5.10 Å². The van der Waals surface area contributed by atoms with Gasteiger partial charge in [0.05, 0.1) is 35.3 Å². The third-order valence-corrected chi connectivity index (χ3v) is 6.17. The van der Waals surface area contributed by atoms with Crippen LogP contribution in [0, 0.1) is 0 Å². The molecule has 2 aromatic heterocycles. The maximum Gasteiger partial charge on any atom is 0.310 e. The molecule has 0 radical (unpaired) electrons. The van der Waals surface area contributed by atoms with Gasteiger partial charge in [-0.3, -0.25) is 9.59 Å². The Bertz CT molecular complexity index is 1130. The summed E-state index contributed by atoms with van der Waals surface area (Å²) in [5.41, 5.74) is 4.04. The monoisotopic (exact) mass is 460 g/mol. The fourth-order valence-electron chi connectivity index (χ4n) is 3.85. The largest absolute Gasteiger partial charge is 0.469 e. The van der Waals surface area contributed by atoms with Crippen LogP contribution in [-0.4, -0.2) is 59.7 Å². The van der Waals surface area contributed by atoms with Crippen LogP contribution in [-0.2, 0) is 20.7 Å². The predicted octanol–water partition coefficient (Wildman–Crippen LogP) is 3.69. The van der Waals surface area contributed by atoms with Crippen molar-refractivity contribution in [3.63, 3.8) is 0 Å². The number of esters is 1. The lowest BCUT2D eigenvalue weighted by Gasteiger charge is -2.36. The fraction of sp³-hybridized carbons (Fsp3) is 0.318. The van der Waals surface area contributed by atoms with Crippen molar-refractivity contribution in [2.24, 2.45) is 0 Å². The van der Waals surface area contributed by atoms with Crippen molar-refractivity contribution in [3.05, 3.63) is 52.3 Å². The standard InChI is InChI=1S/C22H22Cl2N4O3/c1-14(29)26-5-7-27(8-6-26)17-11-18(23)22(19(24)12-17)15-3-4-28-20(9-15)16(13-25-28)10-21(30)31-2/h3-4,9,11-13H,5-8,10H2,1-2H3. The Morgan fingerprint density at radius 2 is 1.77 bits per heavy atom. The summed E-state index contributed by atoms with van der Waals surface area (Å²) in [6, 6.07) is 7.62. The molecule has 1 aromatic carbocycles. The van der Waals surface area contributed by atoms with E-state index in [2.05, 4.69) is 10.00 Å². The molecule has 1 aliphatic rings. The maximum absolute atomic E-state index is 11.7. The molecular weight excluding hydrogens is 439 g/mol. The van der Waals surface area contributed by atoms with E-state index in [4.69, 9.17) is 27.9 Å². The number of fused-ring (bicyclic) bond motifs is 1. The van der Waals surface area contributed by atoms with Gasteiger partial charge in [0.2, 0.25) is 5.91 Å². The molecule has 31 heavy (non-hydrogen) atoms. The Balaban J connectivity index is 1.64. The molecule has 1 saturated heterocycles. The van der Waals surface area contributed by atoms with Crippen LogP contribution in [0.1, 0.15) is 12.5 Å². The Morgan fingerprint density at radius 3 is 2.39 bits per heavy atom. The van der Waals surface area contributed by atoms with E-state index < -0.39 is 0 Å². The Labute approximate surface area is 190 Å². The summed E-state index contributed by atoms with van der Waals surface area (Å²) in [5, 5.41) is 5.36. The first-order valence-corrected chi connectivity index (χ1v) is 10.7. The average molecular weight is 461 g/mol. The highest BCUT2D eigenvalue weighted by Crippen LogP contribution is 2.39. The first-order valence-electron chi connectivity index (χ1n) is 9.90. The zero-order valence-electron chi connectivity index (χ0n) is 17.3. The van der Waals surface area contributed by atoms with Crippen LogP contribution >= 0.6 is 23.2 Å². The molecule has 1 fully saturated rings. The van der Waals surface area contributed by atoms with Crippen molar-refractivity contribution in [3.8, 4) is 11.1 Å². The SMILES string of the molecule is COC(=O)Cc1cnn2ccc(-c3c(Cl)cc(N4CCN(C(C)=O)CC4)cc3Cl)cc12. The summed E-state index contributed by atoms with van der Waals surface area (Å²) in [5.74, 6) is -0.238. The number of benzene rings is 1. The highest BCUT2D eigenvalue weighted by molar-refractivity contribution is 6.39. The Hall–Kier alpha value is -2.77. The number of halogens is 2. The van der Waals surface area contributed by atoms with Crippen LogP contribution in [0.15, 0.2) is 36.7 Å². The number of nitrogens with zero attached hydrogens (tertiary/aromatic N) is 4. The predicted molar refractivity (Wildman–Crippen MR) is 121 cm³/mol. The second kappa shape index (κ2) is 8.77. The van der Waals surface area contributed by atoms with Crippen LogP contribution in [0.4, 0.5) is 5.69 Å². The van der Waals surface area contributed by atoms with E-state index in [0.717, 1.165) is 41.0 Å². The second-order valence-electron chi connectivity index (χ2n) is 7.45. The van der Waals surface area contributed by atoms with Gasteiger partial charge in [-0.25, -0.2) is 4.52 Å². The number of anilines is 1. The van der Waals surface area contributed by atoms with Crippen LogP contribution in [0.25, 0.3) is 16.6 Å². The average Bonchev–Trinajstić information content (AvgIpc) is 3.15. The molecular formula is C22H22Cl2N4O3. The van der Waals surface area contributed by atoms with Crippen LogP contribution in [0.5, 0.6) is 0 Å². The molecule has 0 atom stereocenters. The topological polar surface area (TPSA) is 67.2 Å². The van der Waals surface area contributed by atoms with E-state index in [1.54, 1.807) is 17.6 Å². The molecule has 0 spiro atoms. The van der Waals surface area contributed by atoms with Crippen molar-refractivity contribution in [2.75, 3.05) is 38.2 Å². The number of hydrogen-bond acceptors (Lipinski definition) is 5. The molecule has 162 valence electrons. The molecule has 3 aromatic rings. The summed E-state index contributed by atoms with van der Waals surface area (Å²) in [4.78, 5) is 27.3. The smallest absolute Gasteiger partial charge is 0.310 e. The number of piperazine rings is 1. The number of carbonyl (C=O) groups is 2. The van der Waals surface area contributed by atoms with Crippen molar-refractivity contribution < 1.29 is 14.3 Å². The van der Waals surface area contributed by atoms with Gasteiger partial charge in [-0.05, 0) is 29.8 Å². The van der Waals surface area contributed by atoms with E-state index in [1.165, 1.54) is 7.11 Å². The summed E-state index contributed by atoms with van der Waals surface area (Å²) in [6.45, 7) is 4.39. The molecule has 4 rings (SSSR count). The van der Waals surface area contributed by atoms with Gasteiger partial charge in [0.1, 0.15) is 0 Å². The first kappa shape index (κ1) is 21.5. The molecule has 1 aliphatic heterocycles. The summed E-state index contributed by atoms with van der Waals surface area (Å²) in [6.07, 6.45) is 3.60. The molecule has 0 aliphatic carbocycles. The van der Waals surface area contributed by atoms with Crippen molar-refractivity contribution in [2.45, 2.75) is 13.3 Å². The number of hydrogen-bond donors (Lipinski definition) is 0. The van der Waals surface area contributed by atoms with Crippen LogP contribution in [0.2, 0.25) is 10.0 Å². The molecule has 9 heteroatoms. The van der Waals surface area contributed by atoms with Gasteiger partial charge in [-0.15, -0.1) is 0 Å². The summed E-state index contributed by atoms with van der Waals surface area (Å²) in [7, 11) is 1.36. The van der Waals surface area contributed by atoms with E-state index in [9.17, 15) is 9.59 Å². The van der Waals surface area contributed by atoms with Gasteiger partial charge in [0.25, 0.3) is 0 Å². The number of methoxy groups -OCH3 is 1. The Kier molecular flexibility index (Phi) is 6.07. The van der Waals surface area contributed by atoms with Gasteiger partial charge < -0.3 is 14.5 Å². The minimum absolute atomic E-state index is 0.0906. The molecule has 0 saturated carbocycles. The number of aromatic nitrogens is 2. The highest BCUT2D eigenvalue weighted by atomic mass is 35.5. The molecule has 1 amide bonds. The molecule has 0 N–H and O–H groups in total. The second-order valence-corrected chi connectivity index (χ2v) is 8.26. The normalized spacial score (nSPS) is 14.2. The summed E-state index contributed by atoms with van der Waals surface area (Å²) < 4.78 is 6.47. The molecule has 0 unspecified atom stereocenters. The van der Waals surface area contributed by atoms with Gasteiger partial charge in [0.15, 0.2) is 0 Å². The van der Waals surface area contributed by atoms with Crippen molar-refractivity contribution in [1.29, 1.82) is 0 Å². The minimum atomic E-state index is -0.328. The number of amides is 1. The fourth-order valence-corrected chi connectivity index (χ4v) is 4.54. The maximum atomic E-state index is 11.7. The zero-order chi connectivity index (χ0) is 22.1. The van der Waals surface area contributed by atoms with E-state index in [1.807, 2.05) is 35.4 Å². The molecule has 3 heterocycles.